The van der Waals surface area contributed by atoms with Crippen molar-refractivity contribution in [2.24, 2.45) is 0 Å². The van der Waals surface area contributed by atoms with Gasteiger partial charge in [-0.15, -0.1) is 0 Å². The summed E-state index contributed by atoms with van der Waals surface area (Å²) in [5.41, 5.74) is 0.571. The molecular formula is C14H14ClN3O3. The number of aromatic nitrogens is 2. The molecule has 0 N–H and O–H groups in total. The van der Waals surface area contributed by atoms with E-state index in [2.05, 4.69) is 9.97 Å². The highest BCUT2D eigenvalue weighted by atomic mass is 35.5. The Morgan fingerprint density at radius 3 is 2.71 bits per heavy atom. The lowest BCUT2D eigenvalue weighted by Crippen LogP contribution is -1.98. The molecule has 0 saturated heterocycles. The van der Waals surface area contributed by atoms with Crippen molar-refractivity contribution < 1.29 is 9.66 Å². The Bertz CT molecular complexity index is 677. The fraction of sp³-hybridized carbons (Fsp3) is 0.286. The first-order chi connectivity index (χ1) is 9.99. The number of nitro groups is 1. The lowest BCUT2D eigenvalue weighted by atomic mass is 10.2. The Kier molecular flexibility index (Phi) is 4.70. The molecule has 6 nitrogen and oxygen atoms in total. The van der Waals surface area contributed by atoms with Crippen LogP contribution in [0.2, 0.25) is 5.15 Å². The van der Waals surface area contributed by atoms with Crippen molar-refractivity contribution in [3.8, 4) is 11.6 Å². The molecule has 0 radical (unpaired) electrons. The molecule has 0 amide bonds. The van der Waals surface area contributed by atoms with Crippen molar-refractivity contribution in [1.29, 1.82) is 0 Å². The van der Waals surface area contributed by atoms with E-state index in [-0.39, 0.29) is 5.69 Å². The van der Waals surface area contributed by atoms with Gasteiger partial charge in [0.1, 0.15) is 16.7 Å². The third kappa shape index (κ3) is 3.88. The lowest BCUT2D eigenvalue weighted by molar-refractivity contribution is -0.385. The summed E-state index contributed by atoms with van der Waals surface area (Å²) < 4.78 is 5.60. The first kappa shape index (κ1) is 15.2. The molecule has 0 unspecified atom stereocenters. The Morgan fingerprint density at radius 1 is 1.33 bits per heavy atom. The summed E-state index contributed by atoms with van der Waals surface area (Å²) in [7, 11) is 0. The Balaban J connectivity index is 2.25. The van der Waals surface area contributed by atoms with Crippen LogP contribution >= 0.6 is 11.6 Å². The summed E-state index contributed by atoms with van der Waals surface area (Å²) in [4.78, 5) is 18.7. The topological polar surface area (TPSA) is 78.2 Å². The van der Waals surface area contributed by atoms with Gasteiger partial charge >= 0.3 is 0 Å². The fourth-order valence-electron chi connectivity index (χ4n) is 1.85. The molecule has 0 saturated carbocycles. The predicted molar refractivity (Wildman–Crippen MR) is 78.9 cm³/mol. The van der Waals surface area contributed by atoms with Crippen molar-refractivity contribution in [2.45, 2.75) is 26.7 Å². The summed E-state index contributed by atoms with van der Waals surface area (Å²) in [5.74, 6) is 1.40. The van der Waals surface area contributed by atoms with Gasteiger partial charge in [-0.3, -0.25) is 10.1 Å². The number of benzene rings is 1. The maximum Gasteiger partial charge on any atom is 0.272 e. The molecule has 110 valence electrons. The molecule has 0 spiro atoms. The van der Waals surface area contributed by atoms with Crippen molar-refractivity contribution in [3.63, 3.8) is 0 Å². The average Bonchev–Trinajstić information content (AvgIpc) is 2.37. The van der Waals surface area contributed by atoms with E-state index in [0.717, 1.165) is 6.42 Å². The molecule has 1 heterocycles. The summed E-state index contributed by atoms with van der Waals surface area (Å²) >= 11 is 5.93. The van der Waals surface area contributed by atoms with Gasteiger partial charge < -0.3 is 4.74 Å². The molecule has 0 aliphatic carbocycles. The third-order valence-electron chi connectivity index (χ3n) is 2.78. The van der Waals surface area contributed by atoms with Crippen LogP contribution in [0.1, 0.15) is 24.7 Å². The second-order valence-corrected chi connectivity index (χ2v) is 4.89. The third-order valence-corrected chi connectivity index (χ3v) is 2.97. The highest BCUT2D eigenvalue weighted by Crippen LogP contribution is 2.27. The van der Waals surface area contributed by atoms with Gasteiger partial charge in [0.25, 0.3) is 5.69 Å². The highest BCUT2D eigenvalue weighted by Gasteiger charge is 2.12. The maximum atomic E-state index is 10.8. The molecule has 2 rings (SSSR count). The van der Waals surface area contributed by atoms with Crippen LogP contribution in [0, 0.1) is 17.0 Å². The van der Waals surface area contributed by atoms with Crippen LogP contribution in [0.5, 0.6) is 11.6 Å². The van der Waals surface area contributed by atoms with Crippen molar-refractivity contribution >= 4 is 17.3 Å². The molecule has 1 aromatic carbocycles. The molecule has 7 heteroatoms. The van der Waals surface area contributed by atoms with E-state index >= 15 is 0 Å². The van der Waals surface area contributed by atoms with Crippen LogP contribution in [0.15, 0.2) is 24.3 Å². The van der Waals surface area contributed by atoms with Gasteiger partial charge in [-0.05, 0) is 25.5 Å². The fourth-order valence-corrected chi connectivity index (χ4v) is 2.04. The first-order valence-corrected chi connectivity index (χ1v) is 6.83. The quantitative estimate of drug-likeness (QED) is 0.472. The highest BCUT2D eigenvalue weighted by molar-refractivity contribution is 6.29. The molecule has 1 aromatic heterocycles. The zero-order chi connectivity index (χ0) is 15.4. The second kappa shape index (κ2) is 6.49. The number of hydrogen-bond acceptors (Lipinski definition) is 5. The molecule has 2 aromatic rings. The minimum Gasteiger partial charge on any atom is -0.439 e. The summed E-state index contributed by atoms with van der Waals surface area (Å²) in [5, 5.41) is 11.1. The zero-order valence-corrected chi connectivity index (χ0v) is 12.4. The molecule has 0 fully saturated rings. The molecule has 0 bridgehead atoms. The van der Waals surface area contributed by atoms with Gasteiger partial charge in [0.15, 0.2) is 0 Å². The lowest BCUT2D eigenvalue weighted by Gasteiger charge is -2.07. The van der Waals surface area contributed by atoms with Crippen LogP contribution in [-0.2, 0) is 6.42 Å². The van der Waals surface area contributed by atoms with Crippen LogP contribution < -0.4 is 4.74 Å². The van der Waals surface area contributed by atoms with E-state index in [0.29, 0.717) is 34.6 Å². The predicted octanol–water partition coefficient (Wildman–Crippen LogP) is 4.09. The SMILES string of the molecule is CCCc1nc(Cl)cc(Oc2ccc([N+](=O)[O-])c(C)c2)n1. The minimum atomic E-state index is -0.431. The van der Waals surface area contributed by atoms with Crippen molar-refractivity contribution in [2.75, 3.05) is 0 Å². The van der Waals surface area contributed by atoms with Gasteiger partial charge in [-0.25, -0.2) is 4.98 Å². The van der Waals surface area contributed by atoms with E-state index in [1.807, 2.05) is 6.92 Å². The number of nitrogens with zero attached hydrogens (tertiary/aromatic N) is 3. The van der Waals surface area contributed by atoms with E-state index in [4.69, 9.17) is 16.3 Å². The number of ether oxygens (including phenoxy) is 1. The Hall–Kier alpha value is -2.21. The second-order valence-electron chi connectivity index (χ2n) is 4.50. The van der Waals surface area contributed by atoms with E-state index in [9.17, 15) is 10.1 Å². The van der Waals surface area contributed by atoms with Gasteiger partial charge in [-0.2, -0.15) is 4.98 Å². The average molecular weight is 308 g/mol. The molecule has 0 aliphatic rings. The Morgan fingerprint density at radius 2 is 2.10 bits per heavy atom. The van der Waals surface area contributed by atoms with Gasteiger partial charge in [0.2, 0.25) is 5.88 Å². The van der Waals surface area contributed by atoms with Crippen LogP contribution in [-0.4, -0.2) is 14.9 Å². The van der Waals surface area contributed by atoms with E-state index in [1.165, 1.54) is 18.2 Å². The molecule has 21 heavy (non-hydrogen) atoms. The van der Waals surface area contributed by atoms with E-state index in [1.54, 1.807) is 13.0 Å². The standard InChI is InChI=1S/C14H14ClN3O3/c1-3-4-13-16-12(15)8-14(17-13)21-10-5-6-11(18(19)20)9(2)7-10/h5-8H,3-4H2,1-2H3. The number of rotatable bonds is 5. The number of nitro benzene ring substituents is 1. The Labute approximate surface area is 126 Å². The summed E-state index contributed by atoms with van der Waals surface area (Å²) in [6.07, 6.45) is 1.60. The smallest absolute Gasteiger partial charge is 0.272 e. The minimum absolute atomic E-state index is 0.0507. The number of hydrogen-bond donors (Lipinski definition) is 0. The largest absolute Gasteiger partial charge is 0.439 e. The van der Waals surface area contributed by atoms with Crippen molar-refractivity contribution in [1.82, 2.24) is 9.97 Å². The summed E-state index contributed by atoms with van der Waals surface area (Å²) in [6, 6.07) is 6.03. The van der Waals surface area contributed by atoms with Gasteiger partial charge in [0, 0.05) is 24.1 Å². The number of aryl methyl sites for hydroxylation is 2. The van der Waals surface area contributed by atoms with Gasteiger partial charge in [-0.1, -0.05) is 18.5 Å². The maximum absolute atomic E-state index is 10.8. The molecule has 0 aliphatic heterocycles. The zero-order valence-electron chi connectivity index (χ0n) is 11.7. The van der Waals surface area contributed by atoms with E-state index < -0.39 is 4.92 Å². The van der Waals surface area contributed by atoms with Crippen LogP contribution in [0.3, 0.4) is 0 Å². The molecule has 0 atom stereocenters. The molecular weight excluding hydrogens is 294 g/mol. The number of halogens is 1. The van der Waals surface area contributed by atoms with Crippen molar-refractivity contribution in [3.05, 3.63) is 50.9 Å². The van der Waals surface area contributed by atoms with Crippen LogP contribution in [0.4, 0.5) is 5.69 Å². The van der Waals surface area contributed by atoms with Crippen LogP contribution in [0.25, 0.3) is 0 Å². The monoisotopic (exact) mass is 307 g/mol. The first-order valence-electron chi connectivity index (χ1n) is 6.46. The summed E-state index contributed by atoms with van der Waals surface area (Å²) in [6.45, 7) is 3.67. The normalized spacial score (nSPS) is 10.4. The van der Waals surface area contributed by atoms with Gasteiger partial charge in [0.05, 0.1) is 4.92 Å².